The summed E-state index contributed by atoms with van der Waals surface area (Å²) < 4.78 is 29.7. The molecule has 1 N–H and O–H groups in total. The number of amides is 3. The van der Waals surface area contributed by atoms with Gasteiger partial charge >= 0.3 is 12.0 Å². The van der Waals surface area contributed by atoms with Crippen LogP contribution in [0.3, 0.4) is 0 Å². The largest absolute Gasteiger partial charge is 0.490 e. The maximum atomic E-state index is 13.9. The summed E-state index contributed by atoms with van der Waals surface area (Å²) in [6.45, 7) is 1.50. The highest BCUT2D eigenvalue weighted by atomic mass is 35.5. The average Bonchev–Trinajstić information content (AvgIpc) is 3.01. The number of rotatable bonds is 8. The first-order valence-corrected chi connectivity index (χ1v) is 9.95. The van der Waals surface area contributed by atoms with Crippen LogP contribution in [0.4, 0.5) is 9.18 Å². The minimum atomic E-state index is -0.743. The zero-order chi connectivity index (χ0) is 23.3. The van der Waals surface area contributed by atoms with Crippen LogP contribution in [0.1, 0.15) is 18.1 Å². The van der Waals surface area contributed by atoms with Gasteiger partial charge in [-0.15, -0.1) is 0 Å². The lowest BCUT2D eigenvalue weighted by atomic mass is 10.1. The lowest BCUT2D eigenvalue weighted by Gasteiger charge is -2.15. The Balaban J connectivity index is 1.85. The summed E-state index contributed by atoms with van der Waals surface area (Å²) in [7, 11) is 1.16. The first kappa shape index (κ1) is 23.1. The molecule has 168 valence electrons. The molecule has 10 heteroatoms. The lowest BCUT2D eigenvalue weighted by molar-refractivity contribution is -0.143. The molecule has 0 radical (unpaired) electrons. The van der Waals surface area contributed by atoms with Crippen molar-refractivity contribution in [1.29, 1.82) is 0 Å². The summed E-state index contributed by atoms with van der Waals surface area (Å²) in [5.74, 6) is -1.32. The molecule has 3 rings (SSSR count). The van der Waals surface area contributed by atoms with Crippen molar-refractivity contribution in [1.82, 2.24) is 10.2 Å². The Morgan fingerprint density at radius 3 is 2.66 bits per heavy atom. The number of halogens is 2. The van der Waals surface area contributed by atoms with Gasteiger partial charge in [0.1, 0.15) is 24.7 Å². The van der Waals surface area contributed by atoms with Crippen LogP contribution in [-0.2, 0) is 20.9 Å². The predicted octanol–water partition coefficient (Wildman–Crippen LogP) is 3.52. The second kappa shape index (κ2) is 10.1. The van der Waals surface area contributed by atoms with Gasteiger partial charge in [-0.1, -0.05) is 29.8 Å². The van der Waals surface area contributed by atoms with E-state index in [4.69, 9.17) is 21.1 Å². The van der Waals surface area contributed by atoms with Crippen molar-refractivity contribution in [2.45, 2.75) is 13.5 Å². The molecule has 1 saturated heterocycles. The summed E-state index contributed by atoms with van der Waals surface area (Å²) in [4.78, 5) is 36.6. The maximum Gasteiger partial charge on any atom is 0.329 e. The number of benzene rings is 2. The molecule has 2 aromatic carbocycles. The Hall–Kier alpha value is -3.59. The monoisotopic (exact) mass is 462 g/mol. The Labute approximate surface area is 188 Å². The number of imide groups is 1. The van der Waals surface area contributed by atoms with Gasteiger partial charge in [-0.2, -0.15) is 0 Å². The number of carbonyl (C=O) groups is 3. The number of nitrogens with zero attached hydrogens (tertiary/aromatic N) is 1. The van der Waals surface area contributed by atoms with E-state index in [0.717, 1.165) is 12.0 Å². The number of nitrogens with one attached hydrogen (secondary N) is 1. The Bertz CT molecular complexity index is 1090. The van der Waals surface area contributed by atoms with Gasteiger partial charge in [0.15, 0.2) is 11.5 Å². The van der Waals surface area contributed by atoms with Crippen LogP contribution in [0.2, 0.25) is 5.02 Å². The Morgan fingerprint density at radius 2 is 1.97 bits per heavy atom. The fraction of sp³-hybridized carbons (Fsp3) is 0.227. The first-order chi connectivity index (χ1) is 15.3. The standard InChI is InChI=1S/C22H20ClFN2O6/c1-3-31-18-10-13(9-17-21(28)26(22(29)25-17)11-19(27)30-2)8-15(23)20(18)32-12-14-6-4-5-7-16(14)24/h4-10H,3,11-12H2,1-2H3,(H,25,29)/b17-9+. The second-order valence-corrected chi connectivity index (χ2v) is 7.01. The van der Waals surface area contributed by atoms with Crippen molar-refractivity contribution in [3.8, 4) is 11.5 Å². The SMILES string of the molecule is CCOc1cc(/C=C2/NC(=O)N(CC(=O)OC)C2=O)cc(Cl)c1OCc1ccccc1F. The molecule has 0 saturated carbocycles. The number of urea groups is 1. The predicted molar refractivity (Wildman–Crippen MR) is 114 cm³/mol. The molecule has 0 spiro atoms. The van der Waals surface area contributed by atoms with Crippen molar-refractivity contribution >= 4 is 35.6 Å². The summed E-state index contributed by atoms with van der Waals surface area (Å²) in [5.41, 5.74) is 0.750. The van der Waals surface area contributed by atoms with Crippen molar-refractivity contribution in [3.05, 3.63) is 64.1 Å². The maximum absolute atomic E-state index is 13.9. The minimum absolute atomic E-state index is 0.0440. The normalized spacial score (nSPS) is 14.5. The smallest absolute Gasteiger partial charge is 0.329 e. The van der Waals surface area contributed by atoms with Crippen LogP contribution in [0.5, 0.6) is 11.5 Å². The molecular weight excluding hydrogens is 443 g/mol. The van der Waals surface area contributed by atoms with Crippen LogP contribution >= 0.6 is 11.6 Å². The molecule has 0 unspecified atom stereocenters. The highest BCUT2D eigenvalue weighted by molar-refractivity contribution is 6.32. The molecule has 1 aliphatic rings. The second-order valence-electron chi connectivity index (χ2n) is 6.60. The van der Waals surface area contributed by atoms with E-state index in [-0.39, 0.29) is 28.8 Å². The summed E-state index contributed by atoms with van der Waals surface area (Å²) in [5, 5.41) is 2.57. The molecule has 32 heavy (non-hydrogen) atoms. The fourth-order valence-electron chi connectivity index (χ4n) is 2.92. The summed E-state index contributed by atoms with van der Waals surface area (Å²) in [6.07, 6.45) is 1.40. The van der Waals surface area contributed by atoms with Gasteiger partial charge in [-0.05, 0) is 36.8 Å². The van der Waals surface area contributed by atoms with Gasteiger partial charge in [-0.3, -0.25) is 9.59 Å². The van der Waals surface area contributed by atoms with Crippen molar-refractivity contribution in [2.24, 2.45) is 0 Å². The third-order valence-corrected chi connectivity index (χ3v) is 4.73. The van der Waals surface area contributed by atoms with Crippen LogP contribution in [0, 0.1) is 5.82 Å². The third-order valence-electron chi connectivity index (χ3n) is 4.45. The van der Waals surface area contributed by atoms with Gasteiger partial charge in [0, 0.05) is 5.56 Å². The molecule has 0 aromatic heterocycles. The van der Waals surface area contributed by atoms with Crippen LogP contribution < -0.4 is 14.8 Å². The molecule has 0 bridgehead atoms. The van der Waals surface area contributed by atoms with Crippen LogP contribution in [-0.4, -0.2) is 43.1 Å². The first-order valence-electron chi connectivity index (χ1n) is 9.58. The highest BCUT2D eigenvalue weighted by Crippen LogP contribution is 2.38. The number of esters is 1. The van der Waals surface area contributed by atoms with E-state index in [0.29, 0.717) is 17.7 Å². The van der Waals surface area contributed by atoms with Gasteiger partial charge in [-0.25, -0.2) is 14.1 Å². The van der Waals surface area contributed by atoms with E-state index in [2.05, 4.69) is 10.1 Å². The van der Waals surface area contributed by atoms with Crippen LogP contribution in [0.15, 0.2) is 42.1 Å². The average molecular weight is 463 g/mol. The molecule has 2 aromatic rings. The zero-order valence-corrected chi connectivity index (χ0v) is 18.1. The van der Waals surface area contributed by atoms with E-state index in [9.17, 15) is 18.8 Å². The molecule has 1 heterocycles. The van der Waals surface area contributed by atoms with E-state index in [1.807, 2.05) is 0 Å². The van der Waals surface area contributed by atoms with Gasteiger partial charge < -0.3 is 19.5 Å². The number of hydrogen-bond donors (Lipinski definition) is 1. The fourth-order valence-corrected chi connectivity index (χ4v) is 3.19. The zero-order valence-electron chi connectivity index (χ0n) is 17.3. The topological polar surface area (TPSA) is 94.2 Å². The molecule has 1 fully saturated rings. The van der Waals surface area contributed by atoms with Crippen molar-refractivity contribution in [3.63, 3.8) is 0 Å². The number of ether oxygens (including phenoxy) is 3. The quantitative estimate of drug-likeness (QED) is 0.366. The molecule has 0 atom stereocenters. The van der Waals surface area contributed by atoms with Gasteiger partial charge in [0.2, 0.25) is 0 Å². The number of methoxy groups -OCH3 is 1. The Kier molecular flexibility index (Phi) is 7.32. The lowest BCUT2D eigenvalue weighted by Crippen LogP contribution is -2.36. The van der Waals surface area contributed by atoms with E-state index in [1.165, 1.54) is 18.2 Å². The molecule has 0 aliphatic carbocycles. The molecular formula is C22H20ClFN2O6. The molecule has 8 nitrogen and oxygen atoms in total. The van der Waals surface area contributed by atoms with E-state index >= 15 is 0 Å². The van der Waals surface area contributed by atoms with E-state index in [1.54, 1.807) is 31.2 Å². The minimum Gasteiger partial charge on any atom is -0.490 e. The number of hydrogen-bond acceptors (Lipinski definition) is 6. The number of carbonyl (C=O) groups excluding carboxylic acids is 3. The molecule has 1 aliphatic heterocycles. The highest BCUT2D eigenvalue weighted by Gasteiger charge is 2.35. The van der Waals surface area contributed by atoms with Crippen LogP contribution in [0.25, 0.3) is 6.08 Å². The summed E-state index contributed by atoms with van der Waals surface area (Å²) in [6, 6.07) is 8.53. The molecule has 3 amide bonds. The van der Waals surface area contributed by atoms with Crippen molar-refractivity contribution in [2.75, 3.05) is 20.3 Å². The third kappa shape index (κ3) is 5.17. The van der Waals surface area contributed by atoms with Gasteiger partial charge in [0.05, 0.1) is 18.7 Å². The van der Waals surface area contributed by atoms with Crippen molar-refractivity contribution < 1.29 is 33.0 Å². The Morgan fingerprint density at radius 1 is 1.22 bits per heavy atom. The van der Waals surface area contributed by atoms with E-state index < -0.39 is 30.3 Å². The summed E-state index contributed by atoms with van der Waals surface area (Å²) >= 11 is 6.37. The van der Waals surface area contributed by atoms with Gasteiger partial charge in [0.25, 0.3) is 5.91 Å².